The fourth-order valence-electron chi connectivity index (χ4n) is 1.48. The quantitative estimate of drug-likeness (QED) is 0.366. The van der Waals surface area contributed by atoms with Crippen molar-refractivity contribution >= 4 is 13.8 Å². The van der Waals surface area contributed by atoms with Crippen LogP contribution < -0.4 is 0 Å². The fourth-order valence-corrected chi connectivity index (χ4v) is 1.84. The van der Waals surface area contributed by atoms with Gasteiger partial charge in [-0.25, -0.2) is 4.57 Å². The van der Waals surface area contributed by atoms with Gasteiger partial charge in [-0.15, -0.1) is 0 Å². The van der Waals surface area contributed by atoms with Gasteiger partial charge in [0, 0.05) is 0 Å². The smallest absolute Gasteiger partial charge is 0.465 e. The van der Waals surface area contributed by atoms with Crippen LogP contribution in [0.3, 0.4) is 0 Å². The second kappa shape index (κ2) is 9.50. The predicted octanol–water partition coefficient (Wildman–Crippen LogP) is 3.03. The number of esters is 1. The molecule has 0 aliphatic rings. The van der Waals surface area contributed by atoms with Gasteiger partial charge in [-0.2, -0.15) is 0 Å². The average molecular weight is 310 g/mol. The van der Waals surface area contributed by atoms with Gasteiger partial charge in [0.05, 0.1) is 18.6 Å². The van der Waals surface area contributed by atoms with Gasteiger partial charge in [0.1, 0.15) is 0 Å². The normalized spacial score (nSPS) is 12.4. The molecule has 20 heavy (non-hydrogen) atoms. The lowest BCUT2D eigenvalue weighted by Crippen LogP contribution is -2.23. The Bertz CT molecular complexity index is 317. The minimum atomic E-state index is -4.31. The van der Waals surface area contributed by atoms with E-state index in [9.17, 15) is 9.36 Å². The molecule has 0 radical (unpaired) electrons. The SMILES string of the molecule is CC(C)(C)C(=O)OCCCCCCCCOP(=O)(O)O. The Hall–Kier alpha value is -0.420. The summed E-state index contributed by atoms with van der Waals surface area (Å²) in [5.41, 5.74) is -0.446. The van der Waals surface area contributed by atoms with E-state index in [1.165, 1.54) is 0 Å². The molecule has 7 heteroatoms. The largest absolute Gasteiger partial charge is 0.469 e. The summed E-state index contributed by atoms with van der Waals surface area (Å²) in [7, 11) is -4.31. The highest BCUT2D eigenvalue weighted by atomic mass is 31.2. The molecular weight excluding hydrogens is 283 g/mol. The third-order valence-electron chi connectivity index (χ3n) is 2.64. The van der Waals surface area contributed by atoms with E-state index in [2.05, 4.69) is 4.52 Å². The van der Waals surface area contributed by atoms with E-state index in [4.69, 9.17) is 14.5 Å². The van der Waals surface area contributed by atoms with Crippen LogP contribution in [0.15, 0.2) is 0 Å². The number of ether oxygens (including phenoxy) is 1. The van der Waals surface area contributed by atoms with Crippen molar-refractivity contribution in [2.24, 2.45) is 5.41 Å². The zero-order valence-corrected chi connectivity index (χ0v) is 13.5. The summed E-state index contributed by atoms with van der Waals surface area (Å²) < 4.78 is 19.9. The lowest BCUT2D eigenvalue weighted by atomic mass is 9.97. The van der Waals surface area contributed by atoms with Gasteiger partial charge >= 0.3 is 13.8 Å². The van der Waals surface area contributed by atoms with E-state index in [1.807, 2.05) is 20.8 Å². The van der Waals surface area contributed by atoms with Crippen molar-refractivity contribution in [1.29, 1.82) is 0 Å². The molecule has 0 amide bonds. The molecule has 0 fully saturated rings. The van der Waals surface area contributed by atoms with Crippen LogP contribution in [0.25, 0.3) is 0 Å². The maximum atomic E-state index is 11.5. The number of hydrogen-bond donors (Lipinski definition) is 2. The molecule has 0 aromatic heterocycles. The third kappa shape index (κ3) is 12.6. The van der Waals surface area contributed by atoms with E-state index >= 15 is 0 Å². The Morgan fingerprint density at radius 1 is 0.950 bits per heavy atom. The average Bonchev–Trinajstić information content (AvgIpc) is 2.28. The topological polar surface area (TPSA) is 93.1 Å². The van der Waals surface area contributed by atoms with Crippen molar-refractivity contribution in [3.05, 3.63) is 0 Å². The fraction of sp³-hybridized carbons (Fsp3) is 0.923. The van der Waals surface area contributed by atoms with Crippen molar-refractivity contribution in [3.8, 4) is 0 Å². The van der Waals surface area contributed by atoms with Gasteiger partial charge in [-0.1, -0.05) is 25.7 Å². The van der Waals surface area contributed by atoms with Gasteiger partial charge in [0.15, 0.2) is 0 Å². The number of phosphoric ester groups is 1. The Balaban J connectivity index is 3.30. The molecule has 6 nitrogen and oxygen atoms in total. The molecule has 120 valence electrons. The summed E-state index contributed by atoms with van der Waals surface area (Å²) in [5, 5.41) is 0. The van der Waals surface area contributed by atoms with Crippen LogP contribution in [0.1, 0.15) is 59.3 Å². The third-order valence-corrected chi connectivity index (χ3v) is 3.16. The predicted molar refractivity (Wildman–Crippen MR) is 76.1 cm³/mol. The van der Waals surface area contributed by atoms with Crippen LogP contribution in [-0.2, 0) is 18.6 Å². The van der Waals surface area contributed by atoms with Crippen LogP contribution in [0, 0.1) is 5.41 Å². The van der Waals surface area contributed by atoms with E-state index in [1.54, 1.807) is 0 Å². The summed E-state index contributed by atoms with van der Waals surface area (Å²) in [6.45, 7) is 6.03. The van der Waals surface area contributed by atoms with Crippen LogP contribution in [0.4, 0.5) is 0 Å². The van der Waals surface area contributed by atoms with Crippen molar-refractivity contribution in [2.45, 2.75) is 59.3 Å². The first-order chi connectivity index (χ1) is 9.13. The summed E-state index contributed by atoms with van der Waals surface area (Å²) in [6, 6.07) is 0. The lowest BCUT2D eigenvalue weighted by Gasteiger charge is -2.16. The van der Waals surface area contributed by atoms with E-state index in [0.29, 0.717) is 13.0 Å². The number of carbonyl (C=O) groups excluding carboxylic acids is 1. The molecule has 0 saturated heterocycles. The van der Waals surface area contributed by atoms with E-state index < -0.39 is 13.2 Å². The zero-order valence-electron chi connectivity index (χ0n) is 12.6. The minimum Gasteiger partial charge on any atom is -0.465 e. The molecule has 0 atom stereocenters. The van der Waals surface area contributed by atoms with Crippen LogP contribution in [0.5, 0.6) is 0 Å². The molecule has 0 bridgehead atoms. The zero-order chi connectivity index (χ0) is 15.6. The summed E-state index contributed by atoms with van der Waals surface area (Å²) in [4.78, 5) is 28.4. The van der Waals surface area contributed by atoms with Gasteiger partial charge in [-0.3, -0.25) is 9.32 Å². The highest BCUT2D eigenvalue weighted by Gasteiger charge is 2.22. The molecule has 2 N–H and O–H groups in total. The Morgan fingerprint density at radius 3 is 1.85 bits per heavy atom. The summed E-state index contributed by atoms with van der Waals surface area (Å²) in [6.07, 6.45) is 5.35. The van der Waals surface area contributed by atoms with Gasteiger partial charge in [0.2, 0.25) is 0 Å². The molecule has 0 aromatic rings. The standard InChI is InChI=1S/C13H27O6P/c1-13(2,3)12(14)18-10-8-6-4-5-7-9-11-19-20(15,16)17/h4-11H2,1-3H3,(H2,15,16,17). The molecule has 0 aliphatic carbocycles. The highest BCUT2D eigenvalue weighted by molar-refractivity contribution is 7.46. The van der Waals surface area contributed by atoms with Gasteiger partial charge < -0.3 is 14.5 Å². The van der Waals surface area contributed by atoms with E-state index in [0.717, 1.165) is 32.1 Å². The Kier molecular flexibility index (Phi) is 9.30. The van der Waals surface area contributed by atoms with Gasteiger partial charge in [0.25, 0.3) is 0 Å². The first-order valence-electron chi connectivity index (χ1n) is 7.00. The number of carbonyl (C=O) groups is 1. The lowest BCUT2D eigenvalue weighted by molar-refractivity contribution is -0.153. The molecule has 0 aromatic carbocycles. The van der Waals surface area contributed by atoms with Crippen LogP contribution in [0.2, 0.25) is 0 Å². The van der Waals surface area contributed by atoms with Crippen molar-refractivity contribution in [3.63, 3.8) is 0 Å². The number of rotatable bonds is 10. The molecule has 0 aliphatic heterocycles. The second-order valence-corrected chi connectivity index (χ2v) is 7.07. The summed E-state index contributed by atoms with van der Waals surface area (Å²) >= 11 is 0. The van der Waals surface area contributed by atoms with E-state index in [-0.39, 0.29) is 12.6 Å². The number of unbranched alkanes of at least 4 members (excludes halogenated alkanes) is 5. The minimum absolute atomic E-state index is 0.0907. The van der Waals surface area contributed by atoms with Crippen molar-refractivity contribution in [2.75, 3.05) is 13.2 Å². The second-order valence-electron chi connectivity index (χ2n) is 5.83. The molecular formula is C13H27O6P. The van der Waals surface area contributed by atoms with Crippen molar-refractivity contribution in [1.82, 2.24) is 0 Å². The van der Waals surface area contributed by atoms with Gasteiger partial charge in [-0.05, 0) is 33.6 Å². The monoisotopic (exact) mass is 310 g/mol. The van der Waals surface area contributed by atoms with Crippen LogP contribution in [-0.4, -0.2) is 29.0 Å². The molecule has 0 rings (SSSR count). The number of phosphoric acid groups is 1. The highest BCUT2D eigenvalue weighted by Crippen LogP contribution is 2.35. The Morgan fingerprint density at radius 2 is 1.40 bits per heavy atom. The first-order valence-corrected chi connectivity index (χ1v) is 8.53. The maximum Gasteiger partial charge on any atom is 0.469 e. The molecule has 0 spiro atoms. The van der Waals surface area contributed by atoms with Crippen LogP contribution >= 0.6 is 7.82 Å². The number of hydrogen-bond acceptors (Lipinski definition) is 4. The maximum absolute atomic E-state index is 11.5. The molecule has 0 heterocycles. The molecule has 0 saturated carbocycles. The summed E-state index contributed by atoms with van der Waals surface area (Å²) in [5.74, 6) is -0.174. The van der Waals surface area contributed by atoms with Crippen molar-refractivity contribution < 1.29 is 28.4 Å². The Labute approximate surface area is 121 Å². The molecule has 0 unspecified atom stereocenters. The first kappa shape index (κ1) is 19.6.